The number of hydrogen-bond acceptors (Lipinski definition) is 4. The Morgan fingerprint density at radius 1 is 1.16 bits per heavy atom. The van der Waals surface area contributed by atoms with E-state index in [1.54, 1.807) is 0 Å². The summed E-state index contributed by atoms with van der Waals surface area (Å²) in [6.07, 6.45) is 0.142. The molecule has 0 saturated carbocycles. The highest BCUT2D eigenvalue weighted by molar-refractivity contribution is 7.91. The summed E-state index contributed by atoms with van der Waals surface area (Å²) in [5.74, 6) is -7.23. The van der Waals surface area contributed by atoms with Crippen LogP contribution in [0.15, 0.2) is 0 Å². The summed E-state index contributed by atoms with van der Waals surface area (Å²) >= 11 is 0. The minimum Gasteiger partial charge on any atom is -0.366 e. The van der Waals surface area contributed by atoms with Gasteiger partial charge < -0.3 is 4.90 Å². The first-order valence-corrected chi connectivity index (χ1v) is 7.18. The van der Waals surface area contributed by atoms with Gasteiger partial charge in [-0.2, -0.15) is 22.5 Å². The molecule has 0 aliphatic carbocycles. The average Bonchev–Trinajstić information content (AvgIpc) is 2.67. The van der Waals surface area contributed by atoms with Crippen molar-refractivity contribution in [1.29, 1.82) is 0 Å². The van der Waals surface area contributed by atoms with Gasteiger partial charge in [-0.1, -0.05) is 0 Å². The molecule has 1 aliphatic rings. The van der Waals surface area contributed by atoms with Crippen molar-refractivity contribution in [2.24, 2.45) is 0 Å². The van der Waals surface area contributed by atoms with Gasteiger partial charge >= 0.3 is 0 Å². The molecule has 1 aromatic heterocycles. The van der Waals surface area contributed by atoms with Gasteiger partial charge in [-0.15, -0.1) is 0 Å². The normalized spacial score (nSPS) is 21.6. The lowest BCUT2D eigenvalue weighted by molar-refractivity contribution is 0.405. The number of pyridine rings is 1. The van der Waals surface area contributed by atoms with E-state index < -0.39 is 45.1 Å². The predicted octanol–water partition coefficient (Wildman–Crippen LogP) is 1.26. The average molecular weight is 298 g/mol. The highest BCUT2D eigenvalue weighted by atomic mass is 32.2. The number of hydrogen-bond donors (Lipinski definition) is 0. The Kier molecular flexibility index (Phi) is 3.41. The number of halogens is 4. The first-order valence-electron chi connectivity index (χ1n) is 5.36. The maximum atomic E-state index is 13.5. The molecule has 19 heavy (non-hydrogen) atoms. The monoisotopic (exact) mass is 298 g/mol. The maximum absolute atomic E-state index is 13.5. The molecule has 0 radical (unpaired) electrons. The number of sulfone groups is 1. The van der Waals surface area contributed by atoms with Crippen LogP contribution < -0.4 is 4.90 Å². The van der Waals surface area contributed by atoms with Gasteiger partial charge in [0.25, 0.3) is 11.9 Å². The molecule has 2 rings (SSSR count). The van der Waals surface area contributed by atoms with Crippen LogP contribution in [0.3, 0.4) is 0 Å². The van der Waals surface area contributed by atoms with E-state index in [-0.39, 0.29) is 17.9 Å². The Bertz CT molecular complexity index is 594. The molecule has 2 heterocycles. The van der Waals surface area contributed by atoms with Crippen LogP contribution >= 0.6 is 0 Å². The Labute approximate surface area is 107 Å². The van der Waals surface area contributed by atoms with Crippen LogP contribution in [-0.4, -0.2) is 38.0 Å². The van der Waals surface area contributed by atoms with Gasteiger partial charge in [0.05, 0.1) is 11.5 Å². The van der Waals surface area contributed by atoms with Gasteiger partial charge in [0.1, 0.15) is 5.69 Å². The second-order valence-corrected chi connectivity index (χ2v) is 6.57. The molecule has 4 nitrogen and oxygen atoms in total. The third kappa shape index (κ3) is 2.51. The first-order chi connectivity index (χ1) is 8.73. The second kappa shape index (κ2) is 4.62. The predicted molar refractivity (Wildman–Crippen MR) is 59.5 cm³/mol. The van der Waals surface area contributed by atoms with Crippen LogP contribution in [0, 0.1) is 23.5 Å². The standard InChI is InChI=1S/C10H10F4N2O2S/c1-16(5-2-3-19(17,18)4-5)8-6(11)9(13)15-10(14)7(8)12/h5H,2-4H2,1H3. The van der Waals surface area contributed by atoms with E-state index >= 15 is 0 Å². The van der Waals surface area contributed by atoms with Gasteiger partial charge in [0, 0.05) is 13.1 Å². The molecule has 0 N–H and O–H groups in total. The Hall–Kier alpha value is -1.38. The second-order valence-electron chi connectivity index (χ2n) is 4.34. The molecular weight excluding hydrogens is 288 g/mol. The van der Waals surface area contributed by atoms with Crippen LogP contribution in [0.5, 0.6) is 0 Å². The number of anilines is 1. The summed E-state index contributed by atoms with van der Waals surface area (Å²) < 4.78 is 75.6. The molecule has 1 fully saturated rings. The van der Waals surface area contributed by atoms with Crippen molar-refractivity contribution in [2.45, 2.75) is 12.5 Å². The van der Waals surface area contributed by atoms with Crippen molar-refractivity contribution >= 4 is 15.5 Å². The number of rotatable bonds is 2. The number of nitrogens with zero attached hydrogens (tertiary/aromatic N) is 2. The van der Waals surface area contributed by atoms with Crippen LogP contribution in [-0.2, 0) is 9.84 Å². The van der Waals surface area contributed by atoms with Gasteiger partial charge in [-0.3, -0.25) is 0 Å². The Morgan fingerprint density at radius 3 is 2.11 bits per heavy atom. The van der Waals surface area contributed by atoms with E-state index in [9.17, 15) is 26.0 Å². The van der Waals surface area contributed by atoms with Crippen LogP contribution in [0.25, 0.3) is 0 Å². The van der Waals surface area contributed by atoms with Crippen molar-refractivity contribution in [1.82, 2.24) is 4.98 Å². The van der Waals surface area contributed by atoms with Crippen LogP contribution in [0.4, 0.5) is 23.2 Å². The fourth-order valence-corrected chi connectivity index (χ4v) is 3.82. The molecule has 1 aromatic rings. The SMILES string of the molecule is CN(c1c(F)c(F)nc(F)c1F)C1CCS(=O)(=O)C1. The largest absolute Gasteiger partial charge is 0.366 e. The number of aromatic nitrogens is 1. The molecule has 0 amide bonds. The van der Waals surface area contributed by atoms with E-state index in [0.29, 0.717) is 0 Å². The van der Waals surface area contributed by atoms with Crippen molar-refractivity contribution in [2.75, 3.05) is 23.5 Å². The summed E-state index contributed by atoms with van der Waals surface area (Å²) in [4.78, 5) is 3.35. The highest BCUT2D eigenvalue weighted by Crippen LogP contribution is 2.29. The fraction of sp³-hybridized carbons (Fsp3) is 0.500. The lowest BCUT2D eigenvalue weighted by Gasteiger charge is -2.26. The molecule has 1 saturated heterocycles. The van der Waals surface area contributed by atoms with E-state index in [1.165, 1.54) is 7.05 Å². The summed E-state index contributed by atoms with van der Waals surface area (Å²) in [6.45, 7) is 0. The van der Waals surface area contributed by atoms with Crippen molar-refractivity contribution < 1.29 is 26.0 Å². The molecule has 1 unspecified atom stereocenters. The lowest BCUT2D eigenvalue weighted by Crippen LogP contribution is -2.34. The summed E-state index contributed by atoms with van der Waals surface area (Å²) in [5, 5.41) is 0. The molecule has 1 atom stereocenters. The molecule has 0 spiro atoms. The zero-order valence-electron chi connectivity index (χ0n) is 9.83. The van der Waals surface area contributed by atoms with Crippen molar-refractivity contribution in [3.05, 3.63) is 23.5 Å². The van der Waals surface area contributed by atoms with Crippen molar-refractivity contribution in [3.63, 3.8) is 0 Å². The van der Waals surface area contributed by atoms with Crippen LogP contribution in [0.1, 0.15) is 6.42 Å². The quantitative estimate of drug-likeness (QED) is 0.609. The van der Waals surface area contributed by atoms with Crippen molar-refractivity contribution in [3.8, 4) is 0 Å². The van der Waals surface area contributed by atoms with E-state index in [1.807, 2.05) is 0 Å². The molecule has 9 heteroatoms. The molecule has 106 valence electrons. The zero-order valence-corrected chi connectivity index (χ0v) is 10.6. The first kappa shape index (κ1) is 14.0. The van der Waals surface area contributed by atoms with E-state index in [2.05, 4.69) is 4.98 Å². The fourth-order valence-electron chi connectivity index (χ4n) is 2.05. The summed E-state index contributed by atoms with van der Waals surface area (Å²) in [6, 6.07) is -0.727. The third-order valence-corrected chi connectivity index (χ3v) is 4.83. The Morgan fingerprint density at radius 2 is 1.68 bits per heavy atom. The Balaban J connectivity index is 2.42. The maximum Gasteiger partial charge on any atom is 0.253 e. The minimum absolute atomic E-state index is 0.124. The lowest BCUT2D eigenvalue weighted by atomic mass is 10.2. The van der Waals surface area contributed by atoms with E-state index in [0.717, 1.165) is 4.90 Å². The molecule has 0 aromatic carbocycles. The van der Waals surface area contributed by atoms with E-state index in [4.69, 9.17) is 0 Å². The van der Waals surface area contributed by atoms with Gasteiger partial charge in [0.2, 0.25) is 11.6 Å². The molecule has 1 aliphatic heterocycles. The third-order valence-electron chi connectivity index (χ3n) is 3.08. The summed E-state index contributed by atoms with van der Waals surface area (Å²) in [7, 11) is -2.10. The van der Waals surface area contributed by atoms with Gasteiger partial charge in [-0.25, -0.2) is 8.42 Å². The highest BCUT2D eigenvalue weighted by Gasteiger charge is 2.34. The topological polar surface area (TPSA) is 50.3 Å². The van der Waals surface area contributed by atoms with Gasteiger partial charge in [-0.05, 0) is 6.42 Å². The molecule has 0 bridgehead atoms. The summed E-state index contributed by atoms with van der Waals surface area (Å²) in [5.41, 5.74) is -0.938. The minimum atomic E-state index is -3.28. The van der Waals surface area contributed by atoms with Crippen LogP contribution in [0.2, 0.25) is 0 Å². The molecular formula is C10H10F4N2O2S. The smallest absolute Gasteiger partial charge is 0.253 e. The van der Waals surface area contributed by atoms with Gasteiger partial charge in [0.15, 0.2) is 9.84 Å². The zero-order chi connectivity index (χ0) is 14.4.